The molecule has 4 aromatic rings. The van der Waals surface area contributed by atoms with Crippen LogP contribution in [0.1, 0.15) is 48.7 Å². The summed E-state index contributed by atoms with van der Waals surface area (Å²) in [7, 11) is -3.68. The minimum absolute atomic E-state index is 0.0497. The smallest absolute Gasteiger partial charge is 0.253 e. The molecule has 0 aromatic heterocycles. The number of sulfone groups is 1. The fourth-order valence-corrected chi connectivity index (χ4v) is 8.41. The van der Waals surface area contributed by atoms with Gasteiger partial charge in [-0.25, -0.2) is 8.42 Å². The molecule has 0 spiro atoms. The predicted octanol–water partition coefficient (Wildman–Crippen LogP) is 6.41. The molecule has 0 radical (unpaired) electrons. The van der Waals surface area contributed by atoms with E-state index < -0.39 is 9.84 Å². The third kappa shape index (κ3) is 6.65. The topological polar surface area (TPSA) is 88.6 Å². The number of ether oxygens (including phenoxy) is 3. The number of piperazine rings is 1. The average Bonchev–Trinajstić information content (AvgIpc) is 3.60. The van der Waals surface area contributed by atoms with Crippen LogP contribution in [-0.4, -0.2) is 80.6 Å². The van der Waals surface area contributed by atoms with Gasteiger partial charge in [-0.1, -0.05) is 36.4 Å². The van der Waals surface area contributed by atoms with Crippen LogP contribution in [-0.2, 0) is 9.84 Å². The largest absolute Gasteiger partial charge is 0.457 e. The van der Waals surface area contributed by atoms with Gasteiger partial charge in [-0.3, -0.25) is 14.6 Å². The van der Waals surface area contributed by atoms with Crippen molar-refractivity contribution in [3.05, 3.63) is 108 Å². The van der Waals surface area contributed by atoms with Crippen molar-refractivity contribution < 1.29 is 27.4 Å². The molecule has 0 bridgehead atoms. The Labute approximate surface area is 282 Å². The second-order valence-electron chi connectivity index (χ2n) is 12.8. The average molecular weight is 668 g/mol. The Balaban J connectivity index is 0.920. The van der Waals surface area contributed by atoms with E-state index in [-0.39, 0.29) is 28.5 Å². The highest BCUT2D eigenvalue weighted by Gasteiger charge is 2.34. The minimum atomic E-state index is -3.68. The molecule has 0 aliphatic carbocycles. The zero-order valence-corrected chi connectivity index (χ0v) is 28.1. The molecule has 9 nitrogen and oxygen atoms in total. The van der Waals surface area contributed by atoms with E-state index in [2.05, 4.69) is 23.6 Å². The second-order valence-corrected chi connectivity index (χ2v) is 14.8. The summed E-state index contributed by atoms with van der Waals surface area (Å²) < 4.78 is 43.3. The van der Waals surface area contributed by atoms with Crippen LogP contribution in [0.4, 0.5) is 0 Å². The first-order valence-electron chi connectivity index (χ1n) is 16.6. The highest BCUT2D eigenvalue weighted by atomic mass is 32.2. The van der Waals surface area contributed by atoms with Gasteiger partial charge in [0.1, 0.15) is 11.5 Å². The van der Waals surface area contributed by atoms with Crippen LogP contribution in [0.25, 0.3) is 0 Å². The SMILES string of the molecule is C[C@@H]1CN(C2CCN(C(=O)c3cccc(Oc4ccccc4)c3)CC2)CCN1[C@@H](C)c1ccc(S(=O)(=O)c2ccc3c(c2)OCO3)cc1. The van der Waals surface area contributed by atoms with E-state index in [0.717, 1.165) is 56.9 Å². The van der Waals surface area contributed by atoms with Gasteiger partial charge in [0.25, 0.3) is 5.91 Å². The summed E-state index contributed by atoms with van der Waals surface area (Å²) in [5, 5.41) is 0. The van der Waals surface area contributed by atoms with Crippen molar-refractivity contribution in [2.45, 2.75) is 54.6 Å². The lowest BCUT2D eigenvalue weighted by Gasteiger charge is -2.47. The maximum atomic E-state index is 13.4. The predicted molar refractivity (Wildman–Crippen MR) is 182 cm³/mol. The minimum Gasteiger partial charge on any atom is -0.457 e. The van der Waals surface area contributed by atoms with E-state index in [1.807, 2.05) is 71.6 Å². The third-order valence-corrected chi connectivity index (χ3v) is 11.6. The van der Waals surface area contributed by atoms with Crippen LogP contribution in [0.3, 0.4) is 0 Å². The molecule has 10 heteroatoms. The van der Waals surface area contributed by atoms with Crippen molar-refractivity contribution in [1.29, 1.82) is 0 Å². The monoisotopic (exact) mass is 667 g/mol. The Morgan fingerprint density at radius 1 is 0.792 bits per heavy atom. The molecule has 1 amide bonds. The summed E-state index contributed by atoms with van der Waals surface area (Å²) in [6.45, 7) is 8.87. The fourth-order valence-electron chi connectivity index (χ4n) is 7.14. The van der Waals surface area contributed by atoms with Crippen molar-refractivity contribution >= 4 is 15.7 Å². The van der Waals surface area contributed by atoms with Crippen molar-refractivity contribution in [1.82, 2.24) is 14.7 Å². The molecule has 2 atom stereocenters. The number of likely N-dealkylation sites (tertiary alicyclic amines) is 1. The van der Waals surface area contributed by atoms with Crippen molar-refractivity contribution in [2.24, 2.45) is 0 Å². The summed E-state index contributed by atoms with van der Waals surface area (Å²) in [5.74, 6) is 2.46. The van der Waals surface area contributed by atoms with Gasteiger partial charge >= 0.3 is 0 Å². The maximum absolute atomic E-state index is 13.4. The number of piperidine rings is 1. The molecule has 2 saturated heterocycles. The van der Waals surface area contributed by atoms with Crippen LogP contribution in [0.5, 0.6) is 23.0 Å². The quantitative estimate of drug-likeness (QED) is 0.213. The molecular formula is C38H41N3O6S. The molecule has 4 aromatic carbocycles. The van der Waals surface area contributed by atoms with Crippen molar-refractivity contribution in [3.63, 3.8) is 0 Å². The van der Waals surface area contributed by atoms with Crippen LogP contribution in [0.15, 0.2) is 107 Å². The Bertz CT molecular complexity index is 1860. The van der Waals surface area contributed by atoms with Gasteiger partial charge in [0.15, 0.2) is 11.5 Å². The molecule has 0 N–H and O–H groups in total. The Morgan fingerprint density at radius 3 is 2.25 bits per heavy atom. The number of rotatable bonds is 8. The number of carbonyl (C=O) groups is 1. The molecule has 2 fully saturated rings. The molecule has 3 heterocycles. The Morgan fingerprint density at radius 2 is 1.50 bits per heavy atom. The standard InChI is InChI=1S/C38H41N3O6S/c1-27-25-40(31-17-19-39(20-18-31)38(42)30-7-6-10-33(23-30)47-32-8-4-3-5-9-32)21-22-41(27)28(2)29-11-13-34(14-12-29)48(43,44)35-15-16-36-37(24-35)46-26-45-36/h3-16,23-24,27-28,31H,17-22,25-26H2,1-2H3/t27-,28+/m1/s1. The highest BCUT2D eigenvalue weighted by molar-refractivity contribution is 7.91. The first-order valence-corrected chi connectivity index (χ1v) is 18.1. The number of fused-ring (bicyclic) bond motifs is 1. The van der Waals surface area contributed by atoms with Gasteiger partial charge in [-0.05, 0) is 86.8 Å². The maximum Gasteiger partial charge on any atom is 0.253 e. The van der Waals surface area contributed by atoms with Gasteiger partial charge in [-0.15, -0.1) is 0 Å². The lowest BCUT2D eigenvalue weighted by Crippen LogP contribution is -2.57. The molecule has 250 valence electrons. The second kappa shape index (κ2) is 13.6. The molecule has 48 heavy (non-hydrogen) atoms. The molecule has 3 aliphatic rings. The number of hydrogen-bond donors (Lipinski definition) is 0. The van der Waals surface area contributed by atoms with Crippen LogP contribution in [0, 0.1) is 0 Å². The van der Waals surface area contributed by atoms with E-state index in [0.29, 0.717) is 34.9 Å². The summed E-state index contributed by atoms with van der Waals surface area (Å²) in [6.07, 6.45) is 1.90. The lowest BCUT2D eigenvalue weighted by atomic mass is 9.98. The van der Waals surface area contributed by atoms with E-state index in [1.54, 1.807) is 24.3 Å². The van der Waals surface area contributed by atoms with Gasteiger partial charge in [0.05, 0.1) is 9.79 Å². The van der Waals surface area contributed by atoms with E-state index in [9.17, 15) is 13.2 Å². The number of para-hydroxylation sites is 1. The van der Waals surface area contributed by atoms with Crippen molar-refractivity contribution in [2.75, 3.05) is 39.5 Å². The summed E-state index contributed by atoms with van der Waals surface area (Å²) >= 11 is 0. The van der Waals surface area contributed by atoms with Crippen molar-refractivity contribution in [3.8, 4) is 23.0 Å². The van der Waals surface area contributed by atoms with Gasteiger partial charge in [0.2, 0.25) is 16.6 Å². The molecule has 7 rings (SSSR count). The molecule has 0 saturated carbocycles. The van der Waals surface area contributed by atoms with Gasteiger partial charge < -0.3 is 19.1 Å². The first-order chi connectivity index (χ1) is 23.3. The third-order valence-electron chi connectivity index (χ3n) is 9.86. The first kappa shape index (κ1) is 32.2. The number of amides is 1. The van der Waals surface area contributed by atoms with Crippen LogP contribution >= 0.6 is 0 Å². The Kier molecular flexibility index (Phi) is 9.13. The molecular weight excluding hydrogens is 627 g/mol. The lowest BCUT2D eigenvalue weighted by molar-refractivity contribution is 0.0135. The zero-order chi connectivity index (χ0) is 33.3. The molecule has 0 unspecified atom stereocenters. The van der Waals surface area contributed by atoms with Crippen LogP contribution < -0.4 is 14.2 Å². The Hall–Kier alpha value is -4.38. The number of benzene rings is 4. The summed E-state index contributed by atoms with van der Waals surface area (Å²) in [6, 6.07) is 29.9. The van der Waals surface area contributed by atoms with Gasteiger partial charge in [0, 0.05) is 62.5 Å². The highest BCUT2D eigenvalue weighted by Crippen LogP contribution is 2.36. The zero-order valence-electron chi connectivity index (χ0n) is 27.3. The summed E-state index contributed by atoms with van der Waals surface area (Å²) in [4.78, 5) is 20.9. The normalized spacial score (nSPS) is 19.6. The van der Waals surface area contributed by atoms with E-state index in [1.165, 1.54) is 6.07 Å². The number of carbonyl (C=O) groups excluding carboxylic acids is 1. The van der Waals surface area contributed by atoms with E-state index >= 15 is 0 Å². The fraction of sp³-hybridized carbons (Fsp3) is 0.342. The number of hydrogen-bond acceptors (Lipinski definition) is 8. The summed E-state index contributed by atoms with van der Waals surface area (Å²) in [5.41, 5.74) is 1.74. The van der Waals surface area contributed by atoms with Crippen LogP contribution in [0.2, 0.25) is 0 Å². The van der Waals surface area contributed by atoms with Gasteiger partial charge in [-0.2, -0.15) is 0 Å². The number of nitrogens with zero attached hydrogens (tertiary/aromatic N) is 3. The van der Waals surface area contributed by atoms with E-state index in [4.69, 9.17) is 14.2 Å². The molecule has 3 aliphatic heterocycles.